The molecule has 0 unspecified atom stereocenters. The van der Waals surface area contributed by atoms with Crippen LogP contribution in [-0.2, 0) is 25.7 Å². The quantitative estimate of drug-likeness (QED) is 0.437. The molecule has 2 aromatic carbocycles. The second kappa shape index (κ2) is 10.2. The predicted molar refractivity (Wildman–Crippen MR) is 126 cm³/mol. The maximum absolute atomic E-state index is 13.6. The molecule has 0 aliphatic heterocycles. The minimum absolute atomic E-state index is 0.116. The normalized spacial score (nSPS) is 14.3. The third kappa shape index (κ3) is 4.93. The van der Waals surface area contributed by atoms with E-state index in [0.29, 0.717) is 41.7 Å². The van der Waals surface area contributed by atoms with Crippen LogP contribution in [0.15, 0.2) is 48.5 Å². The molecular formula is C26H33N2O5+. The van der Waals surface area contributed by atoms with Crippen LogP contribution in [0.4, 0.5) is 5.69 Å². The first-order valence-corrected chi connectivity index (χ1v) is 11.4. The van der Waals surface area contributed by atoms with Crippen molar-refractivity contribution in [1.29, 1.82) is 0 Å². The molecule has 1 N–H and O–H groups in total. The van der Waals surface area contributed by atoms with E-state index >= 15 is 0 Å². The monoisotopic (exact) mass is 453 g/mol. The Hall–Kier alpha value is -3.19. The first-order chi connectivity index (χ1) is 15.8. The number of hydrogen-bond acceptors (Lipinski definition) is 5. The number of ether oxygens (including phenoxy) is 2. The molecule has 1 fully saturated rings. The molecule has 7 nitrogen and oxygen atoms in total. The first kappa shape index (κ1) is 24.5. The van der Waals surface area contributed by atoms with Gasteiger partial charge in [-0.2, -0.15) is 0 Å². The van der Waals surface area contributed by atoms with Crippen molar-refractivity contribution >= 4 is 23.5 Å². The second-order valence-corrected chi connectivity index (χ2v) is 8.56. The lowest BCUT2D eigenvalue weighted by Gasteiger charge is -2.42. The van der Waals surface area contributed by atoms with Gasteiger partial charge in [-0.05, 0) is 38.0 Å². The van der Waals surface area contributed by atoms with E-state index < -0.39 is 11.5 Å². The van der Waals surface area contributed by atoms with Crippen molar-refractivity contribution in [2.24, 2.45) is 0 Å². The number of esters is 2. The van der Waals surface area contributed by atoms with E-state index in [1.54, 1.807) is 12.1 Å². The molecule has 0 bridgehead atoms. The molecule has 0 spiro atoms. The van der Waals surface area contributed by atoms with E-state index in [1.807, 2.05) is 57.2 Å². The molecule has 0 atom stereocenters. The molecule has 0 saturated heterocycles. The topological polar surface area (TPSA) is 81.7 Å². The summed E-state index contributed by atoms with van der Waals surface area (Å²) >= 11 is 0. The molecule has 1 saturated carbocycles. The lowest BCUT2D eigenvalue weighted by molar-refractivity contribution is -0.942. The van der Waals surface area contributed by atoms with Crippen molar-refractivity contribution in [3.8, 4) is 0 Å². The number of benzene rings is 2. The summed E-state index contributed by atoms with van der Waals surface area (Å²) in [5.41, 5.74) is 1.74. The zero-order chi connectivity index (χ0) is 24.1. The minimum atomic E-state index is -0.731. The van der Waals surface area contributed by atoms with Crippen molar-refractivity contribution in [2.45, 2.75) is 45.8 Å². The van der Waals surface area contributed by atoms with Crippen LogP contribution >= 0.6 is 0 Å². The zero-order valence-corrected chi connectivity index (χ0v) is 19.8. The molecule has 3 rings (SSSR count). The summed E-state index contributed by atoms with van der Waals surface area (Å²) in [4.78, 5) is 38.7. The average molecular weight is 454 g/mol. The third-order valence-electron chi connectivity index (χ3n) is 6.86. The fraction of sp³-hybridized carbons (Fsp3) is 0.423. The van der Waals surface area contributed by atoms with Gasteiger partial charge in [0.2, 0.25) is 0 Å². The van der Waals surface area contributed by atoms with Gasteiger partial charge >= 0.3 is 11.9 Å². The van der Waals surface area contributed by atoms with Gasteiger partial charge in [0.1, 0.15) is 6.61 Å². The van der Waals surface area contributed by atoms with Crippen LogP contribution in [0.3, 0.4) is 0 Å². The average Bonchev–Trinajstić information content (AvgIpc) is 3.65. The van der Waals surface area contributed by atoms with Gasteiger partial charge < -0.3 is 19.3 Å². The van der Waals surface area contributed by atoms with Gasteiger partial charge in [-0.25, -0.2) is 9.59 Å². The van der Waals surface area contributed by atoms with Crippen LogP contribution in [0.2, 0.25) is 0 Å². The number of methoxy groups -OCH3 is 1. The Balaban J connectivity index is 1.79. The third-order valence-corrected chi connectivity index (χ3v) is 6.86. The SMILES string of the molecule is CC[N+](CC)(CC(=O)OCc1ccccc1)C1(C(=O)Nc2c(C)cccc2C(=O)OC)CC1. The number of nitrogens with zero attached hydrogens (tertiary/aromatic N) is 1. The molecule has 7 heteroatoms. The Morgan fingerprint density at radius 1 is 1.00 bits per heavy atom. The summed E-state index contributed by atoms with van der Waals surface area (Å²) in [6.07, 6.45) is 1.35. The second-order valence-electron chi connectivity index (χ2n) is 8.56. The number of carbonyl (C=O) groups excluding carboxylic acids is 3. The number of rotatable bonds is 10. The lowest BCUT2D eigenvalue weighted by atomic mass is 10.0. The largest absolute Gasteiger partial charge is 0.465 e. The Morgan fingerprint density at radius 2 is 1.67 bits per heavy atom. The molecule has 2 aromatic rings. The van der Waals surface area contributed by atoms with Crippen LogP contribution in [0.25, 0.3) is 0 Å². The highest BCUT2D eigenvalue weighted by molar-refractivity contribution is 6.05. The summed E-state index contributed by atoms with van der Waals surface area (Å²) in [5.74, 6) is -1.01. The van der Waals surface area contributed by atoms with Crippen molar-refractivity contribution < 1.29 is 28.3 Å². The number of para-hydroxylation sites is 1. The van der Waals surface area contributed by atoms with Crippen molar-refractivity contribution in [1.82, 2.24) is 0 Å². The summed E-state index contributed by atoms with van der Waals surface area (Å²) in [6, 6.07) is 14.8. The number of hydrogen-bond donors (Lipinski definition) is 1. The summed E-state index contributed by atoms with van der Waals surface area (Å²) in [5, 5.41) is 2.99. The molecule has 1 amide bonds. The number of carbonyl (C=O) groups is 3. The van der Waals surface area contributed by atoms with Crippen LogP contribution in [0.5, 0.6) is 0 Å². The van der Waals surface area contributed by atoms with E-state index in [1.165, 1.54) is 7.11 Å². The van der Waals surface area contributed by atoms with Gasteiger partial charge in [0.25, 0.3) is 5.91 Å². The van der Waals surface area contributed by atoms with E-state index in [2.05, 4.69) is 5.32 Å². The fourth-order valence-electron chi connectivity index (χ4n) is 4.61. The maximum atomic E-state index is 13.6. The Bertz CT molecular complexity index is 1010. The molecule has 1 aliphatic carbocycles. The first-order valence-electron chi connectivity index (χ1n) is 11.4. The molecule has 0 radical (unpaired) electrons. The molecule has 0 aromatic heterocycles. The van der Waals surface area contributed by atoms with Crippen molar-refractivity contribution in [3.63, 3.8) is 0 Å². The fourth-order valence-corrected chi connectivity index (χ4v) is 4.61. The Labute approximate surface area is 195 Å². The summed E-state index contributed by atoms with van der Waals surface area (Å²) in [7, 11) is 1.32. The Kier molecular flexibility index (Phi) is 7.53. The van der Waals surface area contributed by atoms with Gasteiger partial charge in [0.15, 0.2) is 12.1 Å². The van der Waals surface area contributed by atoms with Gasteiger partial charge in [-0.3, -0.25) is 4.79 Å². The Morgan fingerprint density at radius 3 is 2.24 bits per heavy atom. The zero-order valence-electron chi connectivity index (χ0n) is 19.8. The standard InChI is InChI=1S/C26H32N2O5/c1-5-28(6-2,17-22(29)33-18-20-12-8-7-9-13-20)26(15-16-26)25(31)27-23-19(3)11-10-14-21(23)24(30)32-4/h7-14H,5-6,15-18H2,1-4H3/p+1. The van der Waals surface area contributed by atoms with Gasteiger partial charge in [-0.1, -0.05) is 42.5 Å². The van der Waals surface area contributed by atoms with Crippen LogP contribution in [0.1, 0.15) is 48.2 Å². The van der Waals surface area contributed by atoms with E-state index in [9.17, 15) is 14.4 Å². The predicted octanol–water partition coefficient (Wildman–Crippen LogP) is 3.85. The lowest BCUT2D eigenvalue weighted by Crippen LogP contribution is -2.64. The van der Waals surface area contributed by atoms with Crippen LogP contribution in [0, 0.1) is 6.92 Å². The number of likely N-dealkylation sites (N-methyl/N-ethyl adjacent to an activating group) is 1. The van der Waals surface area contributed by atoms with E-state index in [0.717, 1.165) is 11.1 Å². The number of quaternary nitrogens is 1. The molecule has 1 aliphatic rings. The number of amides is 1. The smallest absolute Gasteiger partial charge is 0.362 e. The summed E-state index contributed by atoms with van der Waals surface area (Å²) < 4.78 is 10.7. The van der Waals surface area contributed by atoms with Gasteiger partial charge in [0.05, 0.1) is 31.5 Å². The van der Waals surface area contributed by atoms with Crippen LogP contribution < -0.4 is 5.32 Å². The molecule has 33 heavy (non-hydrogen) atoms. The maximum Gasteiger partial charge on any atom is 0.362 e. The van der Waals surface area contributed by atoms with E-state index in [4.69, 9.17) is 9.47 Å². The summed E-state index contributed by atoms with van der Waals surface area (Å²) in [6.45, 7) is 7.38. The highest BCUT2D eigenvalue weighted by atomic mass is 16.5. The van der Waals surface area contributed by atoms with Crippen LogP contribution in [-0.4, -0.2) is 54.6 Å². The number of nitrogens with one attached hydrogen (secondary N) is 1. The highest BCUT2D eigenvalue weighted by Crippen LogP contribution is 2.48. The van der Waals surface area contributed by atoms with Gasteiger partial charge in [0, 0.05) is 12.8 Å². The number of aryl methyl sites for hydroxylation is 1. The van der Waals surface area contributed by atoms with Gasteiger partial charge in [-0.15, -0.1) is 0 Å². The molecule has 176 valence electrons. The molecular weight excluding hydrogens is 420 g/mol. The molecule has 0 heterocycles. The minimum Gasteiger partial charge on any atom is -0.465 e. The van der Waals surface area contributed by atoms with E-state index in [-0.39, 0.29) is 25.0 Å². The number of anilines is 1. The highest BCUT2D eigenvalue weighted by Gasteiger charge is 2.65. The van der Waals surface area contributed by atoms with Crippen molar-refractivity contribution in [2.75, 3.05) is 32.1 Å². The van der Waals surface area contributed by atoms with Crippen molar-refractivity contribution in [3.05, 3.63) is 65.2 Å².